The molecule has 0 saturated carbocycles. The highest BCUT2D eigenvalue weighted by molar-refractivity contribution is 5.92. The zero-order chi connectivity index (χ0) is 23.6. The van der Waals surface area contributed by atoms with Gasteiger partial charge in [0.2, 0.25) is 0 Å². The predicted molar refractivity (Wildman–Crippen MR) is 124 cm³/mol. The van der Waals surface area contributed by atoms with E-state index in [2.05, 4.69) is 6.92 Å². The number of benzene rings is 3. The number of carbonyl (C=O) groups excluding carboxylic acids is 3. The smallest absolute Gasteiger partial charge is 0.343 e. The molecule has 0 aliphatic rings. The number of rotatable bonds is 9. The van der Waals surface area contributed by atoms with Crippen molar-refractivity contribution in [2.24, 2.45) is 0 Å². The van der Waals surface area contributed by atoms with E-state index in [9.17, 15) is 14.4 Å². The molecule has 3 aromatic carbocycles. The van der Waals surface area contributed by atoms with Crippen LogP contribution in [0.15, 0.2) is 72.8 Å². The number of carbonyl (C=O) groups is 3. The predicted octanol–water partition coefficient (Wildman–Crippen LogP) is 5.78. The van der Waals surface area contributed by atoms with E-state index in [1.54, 1.807) is 12.1 Å². The van der Waals surface area contributed by atoms with E-state index in [0.717, 1.165) is 12.8 Å². The van der Waals surface area contributed by atoms with Crippen molar-refractivity contribution in [2.45, 2.75) is 39.5 Å². The molecule has 170 valence electrons. The Bertz CT molecular complexity index is 1080. The number of ether oxygens (including phenoxy) is 3. The van der Waals surface area contributed by atoms with Crippen LogP contribution in [0.1, 0.15) is 59.4 Å². The van der Waals surface area contributed by atoms with E-state index in [0.29, 0.717) is 22.6 Å². The van der Waals surface area contributed by atoms with Gasteiger partial charge in [0, 0.05) is 6.92 Å². The zero-order valence-electron chi connectivity index (χ0n) is 18.7. The highest BCUT2D eigenvalue weighted by atomic mass is 16.5. The first kappa shape index (κ1) is 23.7. The summed E-state index contributed by atoms with van der Waals surface area (Å²) in [6.07, 6.45) is 4.54. The van der Waals surface area contributed by atoms with Crippen LogP contribution in [0.2, 0.25) is 0 Å². The second-order valence-corrected chi connectivity index (χ2v) is 7.52. The molecule has 0 aromatic heterocycles. The summed E-state index contributed by atoms with van der Waals surface area (Å²) < 4.78 is 15.7. The summed E-state index contributed by atoms with van der Waals surface area (Å²) >= 11 is 0. The van der Waals surface area contributed by atoms with Crippen molar-refractivity contribution in [1.82, 2.24) is 0 Å². The molecule has 0 radical (unpaired) electrons. The summed E-state index contributed by atoms with van der Waals surface area (Å²) in [6, 6.07) is 19.7. The van der Waals surface area contributed by atoms with Gasteiger partial charge in [-0.3, -0.25) is 4.79 Å². The molecule has 0 aliphatic carbocycles. The molecule has 0 fully saturated rings. The number of hydrogen-bond acceptors (Lipinski definition) is 6. The van der Waals surface area contributed by atoms with Crippen LogP contribution in [-0.4, -0.2) is 17.9 Å². The van der Waals surface area contributed by atoms with Gasteiger partial charge in [-0.25, -0.2) is 9.59 Å². The van der Waals surface area contributed by atoms with Gasteiger partial charge in [0.25, 0.3) is 0 Å². The summed E-state index contributed by atoms with van der Waals surface area (Å²) in [5, 5.41) is 0. The Morgan fingerprint density at radius 1 is 0.606 bits per heavy atom. The molecule has 6 heteroatoms. The van der Waals surface area contributed by atoms with Crippen molar-refractivity contribution in [3.63, 3.8) is 0 Å². The van der Waals surface area contributed by atoms with Crippen LogP contribution in [0.3, 0.4) is 0 Å². The third-order valence-electron chi connectivity index (χ3n) is 4.86. The second kappa shape index (κ2) is 11.6. The fourth-order valence-corrected chi connectivity index (χ4v) is 3.12. The van der Waals surface area contributed by atoms with Crippen LogP contribution >= 0.6 is 0 Å². The number of unbranched alkanes of at least 4 members (excludes halogenated alkanes) is 2. The van der Waals surface area contributed by atoms with Crippen LogP contribution < -0.4 is 14.2 Å². The van der Waals surface area contributed by atoms with Crippen molar-refractivity contribution in [2.75, 3.05) is 0 Å². The zero-order valence-corrected chi connectivity index (χ0v) is 18.7. The van der Waals surface area contributed by atoms with E-state index in [4.69, 9.17) is 14.2 Å². The molecule has 0 bridgehead atoms. The van der Waals surface area contributed by atoms with E-state index in [-0.39, 0.29) is 5.75 Å². The maximum absolute atomic E-state index is 12.4. The average Bonchev–Trinajstić information content (AvgIpc) is 2.81. The molecule has 0 aliphatic heterocycles. The van der Waals surface area contributed by atoms with E-state index >= 15 is 0 Å². The molecule has 0 unspecified atom stereocenters. The monoisotopic (exact) mass is 446 g/mol. The lowest BCUT2D eigenvalue weighted by Crippen LogP contribution is -2.10. The second-order valence-electron chi connectivity index (χ2n) is 7.52. The summed E-state index contributed by atoms with van der Waals surface area (Å²) in [6.45, 7) is 3.47. The van der Waals surface area contributed by atoms with Crippen molar-refractivity contribution in [3.05, 3.63) is 89.5 Å². The maximum atomic E-state index is 12.4. The van der Waals surface area contributed by atoms with Crippen LogP contribution in [0, 0.1) is 0 Å². The molecular weight excluding hydrogens is 420 g/mol. The molecule has 0 spiro atoms. The first-order valence-corrected chi connectivity index (χ1v) is 10.9. The van der Waals surface area contributed by atoms with E-state index < -0.39 is 17.9 Å². The molecule has 0 N–H and O–H groups in total. The Balaban J connectivity index is 1.54. The molecule has 33 heavy (non-hydrogen) atoms. The lowest BCUT2D eigenvalue weighted by Gasteiger charge is -2.08. The molecule has 0 amide bonds. The molecule has 6 nitrogen and oxygen atoms in total. The van der Waals surface area contributed by atoms with Gasteiger partial charge >= 0.3 is 17.9 Å². The summed E-state index contributed by atoms with van der Waals surface area (Å²) in [5.74, 6) is -0.396. The maximum Gasteiger partial charge on any atom is 0.343 e. The van der Waals surface area contributed by atoms with Crippen molar-refractivity contribution >= 4 is 17.9 Å². The van der Waals surface area contributed by atoms with Crippen LogP contribution in [-0.2, 0) is 11.2 Å². The van der Waals surface area contributed by atoms with Gasteiger partial charge in [-0.15, -0.1) is 0 Å². The van der Waals surface area contributed by atoms with Crippen molar-refractivity contribution in [3.8, 4) is 17.2 Å². The minimum absolute atomic E-state index is 0.289. The van der Waals surface area contributed by atoms with Gasteiger partial charge in [-0.2, -0.15) is 0 Å². The Kier molecular flexibility index (Phi) is 8.36. The first-order chi connectivity index (χ1) is 15.9. The molecule has 3 aromatic rings. The lowest BCUT2D eigenvalue weighted by atomic mass is 10.1. The van der Waals surface area contributed by atoms with Crippen LogP contribution in [0.25, 0.3) is 0 Å². The molecule has 3 rings (SSSR count). The third kappa shape index (κ3) is 7.31. The topological polar surface area (TPSA) is 78.9 Å². The summed E-state index contributed by atoms with van der Waals surface area (Å²) in [4.78, 5) is 35.7. The van der Waals surface area contributed by atoms with Crippen LogP contribution in [0.5, 0.6) is 17.2 Å². The van der Waals surface area contributed by atoms with Gasteiger partial charge in [0.05, 0.1) is 11.1 Å². The molecular formula is C27H26O6. The molecule has 0 saturated heterocycles. The van der Waals surface area contributed by atoms with Gasteiger partial charge in [0.1, 0.15) is 17.2 Å². The van der Waals surface area contributed by atoms with Gasteiger partial charge in [-0.05, 0) is 79.1 Å². The Morgan fingerprint density at radius 3 is 1.45 bits per heavy atom. The van der Waals surface area contributed by atoms with Gasteiger partial charge < -0.3 is 14.2 Å². The normalized spacial score (nSPS) is 10.4. The molecule has 0 heterocycles. The fraction of sp³-hybridized carbons (Fsp3) is 0.222. The largest absolute Gasteiger partial charge is 0.427 e. The van der Waals surface area contributed by atoms with Gasteiger partial charge in [0.15, 0.2) is 0 Å². The SMILES string of the molecule is CCCCCc1ccc(OC(=O)c2ccc(OC(=O)c3ccc(OC(C)=O)cc3)cc2)cc1. The quantitative estimate of drug-likeness (QED) is 0.235. The summed E-state index contributed by atoms with van der Waals surface area (Å²) in [7, 11) is 0. The first-order valence-electron chi connectivity index (χ1n) is 10.9. The van der Waals surface area contributed by atoms with Crippen LogP contribution in [0.4, 0.5) is 0 Å². The van der Waals surface area contributed by atoms with Gasteiger partial charge in [-0.1, -0.05) is 31.9 Å². The lowest BCUT2D eigenvalue weighted by molar-refractivity contribution is -0.131. The van der Waals surface area contributed by atoms with Crippen molar-refractivity contribution < 1.29 is 28.6 Å². The summed E-state index contributed by atoms with van der Waals surface area (Å²) in [5.41, 5.74) is 1.86. The Morgan fingerprint density at radius 2 is 1.03 bits per heavy atom. The average molecular weight is 446 g/mol. The standard InChI is InChI=1S/C27H26O6/c1-3-4-5-6-20-7-13-24(14-8-20)32-26(29)22-11-17-25(18-12-22)33-27(30)21-9-15-23(16-10-21)31-19(2)28/h7-18H,3-6H2,1-2H3. The highest BCUT2D eigenvalue weighted by Crippen LogP contribution is 2.19. The molecule has 0 atom stereocenters. The number of aryl methyl sites for hydroxylation is 1. The third-order valence-corrected chi connectivity index (χ3v) is 4.86. The number of hydrogen-bond donors (Lipinski definition) is 0. The Hall–Kier alpha value is -3.93. The minimum Gasteiger partial charge on any atom is -0.427 e. The minimum atomic E-state index is -0.571. The van der Waals surface area contributed by atoms with E-state index in [1.165, 1.54) is 73.9 Å². The number of esters is 3. The van der Waals surface area contributed by atoms with Crippen molar-refractivity contribution in [1.29, 1.82) is 0 Å². The highest BCUT2D eigenvalue weighted by Gasteiger charge is 2.12. The fourth-order valence-electron chi connectivity index (χ4n) is 3.12. The Labute approximate surface area is 193 Å². The van der Waals surface area contributed by atoms with E-state index in [1.807, 2.05) is 12.1 Å².